The molecule has 0 aromatic rings. The zero-order valence-electron chi connectivity index (χ0n) is 10.1. The van der Waals surface area contributed by atoms with Crippen LogP contribution < -0.4 is 0 Å². The molecule has 1 heterocycles. The summed E-state index contributed by atoms with van der Waals surface area (Å²) in [6.07, 6.45) is 3.20. The van der Waals surface area contributed by atoms with Crippen molar-refractivity contribution in [2.75, 3.05) is 6.61 Å². The van der Waals surface area contributed by atoms with Crippen LogP contribution in [-0.2, 0) is 19.1 Å². The van der Waals surface area contributed by atoms with E-state index in [4.69, 9.17) is 9.47 Å². The van der Waals surface area contributed by atoms with Crippen molar-refractivity contribution in [1.82, 2.24) is 0 Å². The van der Waals surface area contributed by atoms with Crippen LogP contribution in [0.25, 0.3) is 0 Å². The van der Waals surface area contributed by atoms with Crippen LogP contribution in [0.1, 0.15) is 32.6 Å². The van der Waals surface area contributed by atoms with Crippen LogP contribution in [0.5, 0.6) is 0 Å². The number of carbonyl (C=O) groups is 2. The molecule has 1 aliphatic heterocycles. The lowest BCUT2D eigenvalue weighted by Crippen LogP contribution is -2.29. The Morgan fingerprint density at radius 1 is 1.29 bits per heavy atom. The van der Waals surface area contributed by atoms with Crippen molar-refractivity contribution in [3.05, 3.63) is 0 Å². The van der Waals surface area contributed by atoms with Gasteiger partial charge in [-0.15, -0.1) is 0 Å². The fourth-order valence-electron chi connectivity index (χ4n) is 3.67. The van der Waals surface area contributed by atoms with Gasteiger partial charge in [0, 0.05) is 0 Å². The minimum absolute atomic E-state index is 0.0758. The summed E-state index contributed by atoms with van der Waals surface area (Å²) in [4.78, 5) is 22.9. The van der Waals surface area contributed by atoms with Crippen LogP contribution in [-0.4, -0.2) is 24.6 Å². The van der Waals surface area contributed by atoms with Crippen molar-refractivity contribution >= 4 is 11.9 Å². The average molecular weight is 238 g/mol. The van der Waals surface area contributed by atoms with Crippen LogP contribution in [0.2, 0.25) is 0 Å². The molecule has 3 fully saturated rings. The number of ether oxygens (including phenoxy) is 2. The van der Waals surface area contributed by atoms with Gasteiger partial charge < -0.3 is 9.47 Å². The van der Waals surface area contributed by atoms with E-state index in [1.54, 1.807) is 0 Å². The summed E-state index contributed by atoms with van der Waals surface area (Å²) in [5, 5.41) is 0. The van der Waals surface area contributed by atoms with Crippen LogP contribution >= 0.6 is 0 Å². The second-order valence-corrected chi connectivity index (χ2v) is 5.76. The molecule has 0 aromatic carbocycles. The molecule has 2 saturated carbocycles. The minimum atomic E-state index is -0.341. The van der Waals surface area contributed by atoms with E-state index in [0.29, 0.717) is 11.8 Å². The second kappa shape index (κ2) is 4.00. The Bertz CT molecular complexity index is 349. The molecule has 2 bridgehead atoms. The average Bonchev–Trinajstić information content (AvgIpc) is 2.93. The summed E-state index contributed by atoms with van der Waals surface area (Å²) in [5.41, 5.74) is 0. The number of cyclic esters (lactones) is 1. The van der Waals surface area contributed by atoms with E-state index in [9.17, 15) is 9.59 Å². The molecule has 3 aliphatic rings. The molecule has 94 valence electrons. The predicted molar refractivity (Wildman–Crippen MR) is 58.9 cm³/mol. The molecule has 4 nitrogen and oxygen atoms in total. The van der Waals surface area contributed by atoms with Gasteiger partial charge in [0.1, 0.15) is 12.7 Å². The third-order valence-corrected chi connectivity index (χ3v) is 4.62. The third-order valence-electron chi connectivity index (χ3n) is 4.62. The molecule has 1 saturated heterocycles. The summed E-state index contributed by atoms with van der Waals surface area (Å²) in [6.45, 7) is 2.51. The minimum Gasteiger partial charge on any atom is -0.462 e. The molecule has 0 aromatic heterocycles. The predicted octanol–water partition coefficient (Wildman–Crippen LogP) is 1.53. The summed E-state index contributed by atoms with van der Waals surface area (Å²) in [5.74, 6) is 1.70. The molecule has 4 heteroatoms. The molecular formula is C13H18O4. The first kappa shape index (κ1) is 11.1. The molecule has 0 N–H and O–H groups in total. The lowest BCUT2D eigenvalue weighted by Gasteiger charge is -2.24. The van der Waals surface area contributed by atoms with Crippen molar-refractivity contribution in [2.24, 2.45) is 23.7 Å². The Morgan fingerprint density at radius 3 is 2.65 bits per heavy atom. The van der Waals surface area contributed by atoms with Crippen LogP contribution in [0.15, 0.2) is 0 Å². The third kappa shape index (κ3) is 1.94. The normalized spacial score (nSPS) is 43.8. The maximum Gasteiger partial charge on any atom is 0.309 e. The van der Waals surface area contributed by atoms with E-state index in [1.165, 1.54) is 6.42 Å². The maximum atomic E-state index is 12.0. The SMILES string of the molecule is CC1CC2CC1CC2C(=O)OC1COC(=O)C1. The first-order valence-electron chi connectivity index (χ1n) is 6.49. The summed E-state index contributed by atoms with van der Waals surface area (Å²) < 4.78 is 10.2. The number of carbonyl (C=O) groups excluding carboxylic acids is 2. The van der Waals surface area contributed by atoms with Crippen molar-refractivity contribution in [3.8, 4) is 0 Å². The van der Waals surface area contributed by atoms with E-state index >= 15 is 0 Å². The highest BCUT2D eigenvalue weighted by Gasteiger charge is 2.48. The first-order valence-corrected chi connectivity index (χ1v) is 6.49. The van der Waals surface area contributed by atoms with Gasteiger partial charge in [-0.3, -0.25) is 9.59 Å². The summed E-state index contributed by atoms with van der Waals surface area (Å²) in [7, 11) is 0. The van der Waals surface area contributed by atoms with E-state index in [2.05, 4.69) is 6.92 Å². The zero-order valence-corrected chi connectivity index (χ0v) is 10.1. The fraction of sp³-hybridized carbons (Fsp3) is 0.846. The van der Waals surface area contributed by atoms with E-state index in [1.807, 2.05) is 0 Å². The lowest BCUT2D eigenvalue weighted by atomic mass is 9.83. The Labute approximate surface area is 101 Å². The molecule has 0 radical (unpaired) electrons. The Hall–Kier alpha value is -1.06. The van der Waals surface area contributed by atoms with Gasteiger partial charge in [-0.25, -0.2) is 0 Å². The summed E-state index contributed by atoms with van der Waals surface area (Å²) in [6, 6.07) is 0. The summed E-state index contributed by atoms with van der Waals surface area (Å²) >= 11 is 0. The molecule has 0 amide bonds. The van der Waals surface area contributed by atoms with Crippen molar-refractivity contribution in [3.63, 3.8) is 0 Å². The lowest BCUT2D eigenvalue weighted by molar-refractivity contribution is -0.156. The molecular weight excluding hydrogens is 220 g/mol. The van der Waals surface area contributed by atoms with Gasteiger partial charge in [-0.1, -0.05) is 6.92 Å². The Morgan fingerprint density at radius 2 is 2.12 bits per heavy atom. The quantitative estimate of drug-likeness (QED) is 0.684. The molecule has 0 spiro atoms. The van der Waals surface area contributed by atoms with Crippen molar-refractivity contribution in [2.45, 2.75) is 38.7 Å². The Balaban J connectivity index is 1.56. The van der Waals surface area contributed by atoms with Gasteiger partial charge in [-0.2, -0.15) is 0 Å². The molecule has 5 atom stereocenters. The van der Waals surface area contributed by atoms with Gasteiger partial charge in [-0.05, 0) is 37.0 Å². The highest BCUT2D eigenvalue weighted by Crippen LogP contribution is 2.51. The number of fused-ring (bicyclic) bond motifs is 2. The van der Waals surface area contributed by atoms with Crippen LogP contribution in [0.3, 0.4) is 0 Å². The zero-order chi connectivity index (χ0) is 12.0. The van der Waals surface area contributed by atoms with Gasteiger partial charge in [0.15, 0.2) is 0 Å². The topological polar surface area (TPSA) is 52.6 Å². The largest absolute Gasteiger partial charge is 0.462 e. The molecule has 17 heavy (non-hydrogen) atoms. The highest BCUT2D eigenvalue weighted by atomic mass is 16.6. The standard InChI is InChI=1S/C13H18O4/c1-7-2-9-3-8(7)4-11(9)13(15)17-10-5-12(14)16-6-10/h7-11H,2-6H2,1H3. The van der Waals surface area contributed by atoms with Gasteiger partial charge in [0.2, 0.25) is 0 Å². The van der Waals surface area contributed by atoms with Crippen molar-refractivity contribution < 1.29 is 19.1 Å². The molecule has 2 aliphatic carbocycles. The van der Waals surface area contributed by atoms with Gasteiger partial charge >= 0.3 is 11.9 Å². The Kier molecular flexibility index (Phi) is 2.60. The second-order valence-electron chi connectivity index (χ2n) is 5.76. The molecule has 5 unspecified atom stereocenters. The number of hydrogen-bond acceptors (Lipinski definition) is 4. The van der Waals surface area contributed by atoms with Crippen molar-refractivity contribution in [1.29, 1.82) is 0 Å². The van der Waals surface area contributed by atoms with E-state index < -0.39 is 0 Å². The fourth-order valence-corrected chi connectivity index (χ4v) is 3.67. The number of esters is 2. The monoisotopic (exact) mass is 238 g/mol. The van der Waals surface area contributed by atoms with Gasteiger partial charge in [0.05, 0.1) is 12.3 Å². The highest BCUT2D eigenvalue weighted by molar-refractivity contribution is 5.76. The van der Waals surface area contributed by atoms with Gasteiger partial charge in [0.25, 0.3) is 0 Å². The number of rotatable bonds is 2. The first-order chi connectivity index (χ1) is 8.13. The number of hydrogen-bond donors (Lipinski definition) is 0. The van der Waals surface area contributed by atoms with E-state index in [0.717, 1.165) is 18.8 Å². The maximum absolute atomic E-state index is 12.0. The smallest absolute Gasteiger partial charge is 0.309 e. The van der Waals surface area contributed by atoms with Crippen LogP contribution in [0.4, 0.5) is 0 Å². The molecule has 3 rings (SSSR count). The van der Waals surface area contributed by atoms with Crippen LogP contribution in [0, 0.1) is 23.7 Å². The van der Waals surface area contributed by atoms with E-state index in [-0.39, 0.29) is 37.0 Å².